The van der Waals surface area contributed by atoms with E-state index in [0.717, 1.165) is 22.4 Å². The third kappa shape index (κ3) is 6.38. The molecule has 1 aliphatic rings. The Kier molecular flexibility index (Phi) is 8.15. The number of morpholine rings is 1. The van der Waals surface area contributed by atoms with Crippen molar-refractivity contribution in [3.05, 3.63) is 95.6 Å². The van der Waals surface area contributed by atoms with Gasteiger partial charge in [0.15, 0.2) is 0 Å². The van der Waals surface area contributed by atoms with Crippen LogP contribution in [-0.4, -0.2) is 42.5 Å². The minimum atomic E-state index is -0.465. The van der Waals surface area contributed by atoms with E-state index in [2.05, 4.69) is 22.5 Å². The SMILES string of the molecule is Cc1ccc(NC(=O)C(c2ccc(/C=C/C(=O)Nc3ccccc3N)cc2)N2CCOCC2C)cc1. The Balaban J connectivity index is 1.50. The second kappa shape index (κ2) is 11.7. The van der Waals surface area contributed by atoms with Crippen LogP contribution in [0.15, 0.2) is 78.9 Å². The summed E-state index contributed by atoms with van der Waals surface area (Å²) in [5, 5.41) is 5.85. The summed E-state index contributed by atoms with van der Waals surface area (Å²) in [6.45, 7) is 5.91. The van der Waals surface area contributed by atoms with Gasteiger partial charge in [0.25, 0.3) is 0 Å². The van der Waals surface area contributed by atoms with E-state index < -0.39 is 6.04 Å². The number of nitrogen functional groups attached to an aromatic ring is 1. The number of carbonyl (C=O) groups is 2. The highest BCUT2D eigenvalue weighted by atomic mass is 16.5. The Bertz CT molecular complexity index is 1220. The van der Waals surface area contributed by atoms with Gasteiger partial charge in [-0.05, 0) is 55.3 Å². The molecule has 4 N–H and O–H groups in total. The molecule has 186 valence electrons. The van der Waals surface area contributed by atoms with E-state index in [4.69, 9.17) is 10.5 Å². The van der Waals surface area contributed by atoms with Crippen LogP contribution >= 0.6 is 0 Å². The second-order valence-corrected chi connectivity index (χ2v) is 9.00. The van der Waals surface area contributed by atoms with Gasteiger partial charge in [-0.25, -0.2) is 0 Å². The van der Waals surface area contributed by atoms with Crippen molar-refractivity contribution in [2.75, 3.05) is 36.1 Å². The molecular weight excluding hydrogens is 452 g/mol. The lowest BCUT2D eigenvalue weighted by Gasteiger charge is -2.38. The van der Waals surface area contributed by atoms with Gasteiger partial charge < -0.3 is 21.1 Å². The van der Waals surface area contributed by atoms with E-state index >= 15 is 0 Å². The molecule has 4 rings (SSSR count). The van der Waals surface area contributed by atoms with Crippen LogP contribution in [0.3, 0.4) is 0 Å². The third-order valence-electron chi connectivity index (χ3n) is 6.22. The van der Waals surface area contributed by atoms with Crippen LogP contribution in [0.2, 0.25) is 0 Å². The summed E-state index contributed by atoms with van der Waals surface area (Å²) >= 11 is 0. The van der Waals surface area contributed by atoms with E-state index in [1.807, 2.05) is 67.6 Å². The quantitative estimate of drug-likeness (QED) is 0.336. The number of nitrogens with zero attached hydrogens (tertiary/aromatic N) is 1. The van der Waals surface area contributed by atoms with Crippen LogP contribution in [0, 0.1) is 6.92 Å². The number of nitrogens with one attached hydrogen (secondary N) is 2. The summed E-state index contributed by atoms with van der Waals surface area (Å²) in [5.41, 5.74) is 10.6. The number of hydrogen-bond acceptors (Lipinski definition) is 5. The first kappa shape index (κ1) is 25.2. The molecule has 0 aliphatic carbocycles. The fourth-order valence-electron chi connectivity index (χ4n) is 4.21. The Morgan fingerprint density at radius 3 is 2.44 bits per heavy atom. The zero-order valence-corrected chi connectivity index (χ0v) is 20.6. The van der Waals surface area contributed by atoms with Crippen LogP contribution in [-0.2, 0) is 14.3 Å². The first-order chi connectivity index (χ1) is 17.4. The van der Waals surface area contributed by atoms with Gasteiger partial charge in [0, 0.05) is 24.4 Å². The molecule has 7 heteroatoms. The molecule has 0 aromatic heterocycles. The number of amides is 2. The van der Waals surface area contributed by atoms with Gasteiger partial charge in [0.1, 0.15) is 6.04 Å². The number of nitrogens with two attached hydrogens (primary N) is 1. The van der Waals surface area contributed by atoms with Gasteiger partial charge in [-0.3, -0.25) is 14.5 Å². The van der Waals surface area contributed by atoms with Crippen LogP contribution in [0.1, 0.15) is 29.7 Å². The fraction of sp³-hybridized carbons (Fsp3) is 0.241. The standard InChI is InChI=1S/C29H32N4O3/c1-20-7-14-24(15-8-20)31-29(35)28(33-17-18-36-19-21(33)2)23-12-9-22(10-13-23)11-16-27(34)32-26-6-4-3-5-25(26)30/h3-16,21,28H,17-19,30H2,1-2H3,(H,31,35)(H,32,34)/b16-11+. The monoisotopic (exact) mass is 484 g/mol. The third-order valence-corrected chi connectivity index (χ3v) is 6.22. The molecule has 0 saturated carbocycles. The minimum absolute atomic E-state index is 0.0873. The largest absolute Gasteiger partial charge is 0.397 e. The average Bonchev–Trinajstić information content (AvgIpc) is 2.88. The maximum absolute atomic E-state index is 13.5. The van der Waals surface area contributed by atoms with Crippen molar-refractivity contribution in [1.29, 1.82) is 0 Å². The highest BCUT2D eigenvalue weighted by molar-refractivity contribution is 6.03. The molecular formula is C29H32N4O3. The van der Waals surface area contributed by atoms with Gasteiger partial charge in [0.2, 0.25) is 11.8 Å². The fourth-order valence-corrected chi connectivity index (χ4v) is 4.21. The van der Waals surface area contributed by atoms with Crippen molar-refractivity contribution >= 4 is 35.0 Å². The van der Waals surface area contributed by atoms with Gasteiger partial charge in [-0.15, -0.1) is 0 Å². The molecule has 3 aromatic carbocycles. The molecule has 1 saturated heterocycles. The van der Waals surface area contributed by atoms with Gasteiger partial charge in [0.05, 0.1) is 24.6 Å². The van der Waals surface area contributed by atoms with E-state index in [1.165, 1.54) is 6.08 Å². The van der Waals surface area contributed by atoms with Crippen LogP contribution < -0.4 is 16.4 Å². The van der Waals surface area contributed by atoms with Crippen molar-refractivity contribution in [3.63, 3.8) is 0 Å². The normalized spacial score (nSPS) is 17.0. The smallest absolute Gasteiger partial charge is 0.248 e. The molecule has 1 heterocycles. The minimum Gasteiger partial charge on any atom is -0.397 e. The number of hydrogen-bond donors (Lipinski definition) is 3. The number of aryl methyl sites for hydroxylation is 1. The van der Waals surface area contributed by atoms with Crippen molar-refractivity contribution in [2.45, 2.75) is 25.9 Å². The first-order valence-electron chi connectivity index (χ1n) is 12.1. The molecule has 1 aliphatic heterocycles. The number of carbonyl (C=O) groups excluding carboxylic acids is 2. The number of benzene rings is 3. The number of para-hydroxylation sites is 2. The van der Waals surface area contributed by atoms with E-state index in [1.54, 1.807) is 18.2 Å². The molecule has 7 nitrogen and oxygen atoms in total. The van der Waals surface area contributed by atoms with Crippen LogP contribution in [0.5, 0.6) is 0 Å². The van der Waals surface area contributed by atoms with Gasteiger partial charge >= 0.3 is 0 Å². The van der Waals surface area contributed by atoms with E-state index in [-0.39, 0.29) is 17.9 Å². The van der Waals surface area contributed by atoms with Gasteiger partial charge in [-0.2, -0.15) is 0 Å². The first-order valence-corrected chi connectivity index (χ1v) is 12.1. The maximum atomic E-state index is 13.5. The van der Waals surface area contributed by atoms with Crippen molar-refractivity contribution in [2.24, 2.45) is 0 Å². The lowest BCUT2D eigenvalue weighted by molar-refractivity contribution is -0.125. The average molecular weight is 485 g/mol. The molecule has 2 amide bonds. The van der Waals surface area contributed by atoms with E-state index in [9.17, 15) is 9.59 Å². The zero-order valence-electron chi connectivity index (χ0n) is 20.6. The van der Waals surface area contributed by atoms with Crippen LogP contribution in [0.25, 0.3) is 6.08 Å². The maximum Gasteiger partial charge on any atom is 0.248 e. The molecule has 0 spiro atoms. The Morgan fingerprint density at radius 2 is 1.75 bits per heavy atom. The molecule has 1 fully saturated rings. The second-order valence-electron chi connectivity index (χ2n) is 9.00. The van der Waals surface area contributed by atoms with E-state index in [0.29, 0.717) is 31.1 Å². The topological polar surface area (TPSA) is 96.7 Å². The van der Waals surface area contributed by atoms with Crippen molar-refractivity contribution < 1.29 is 14.3 Å². The molecule has 0 bridgehead atoms. The van der Waals surface area contributed by atoms with Crippen LogP contribution in [0.4, 0.5) is 17.1 Å². The lowest BCUT2D eigenvalue weighted by atomic mass is 10.00. The molecule has 36 heavy (non-hydrogen) atoms. The number of ether oxygens (including phenoxy) is 1. The summed E-state index contributed by atoms with van der Waals surface area (Å²) in [5.74, 6) is -0.356. The predicted octanol–water partition coefficient (Wildman–Crippen LogP) is 4.63. The summed E-state index contributed by atoms with van der Waals surface area (Å²) in [7, 11) is 0. The summed E-state index contributed by atoms with van der Waals surface area (Å²) in [6.07, 6.45) is 3.20. The zero-order chi connectivity index (χ0) is 25.5. The van der Waals surface area contributed by atoms with Crippen molar-refractivity contribution in [3.8, 4) is 0 Å². The predicted molar refractivity (Wildman–Crippen MR) is 144 cm³/mol. The Labute approximate surface area is 212 Å². The molecule has 2 unspecified atom stereocenters. The summed E-state index contributed by atoms with van der Waals surface area (Å²) in [6, 6.07) is 22.2. The molecule has 0 radical (unpaired) electrons. The van der Waals surface area contributed by atoms with Crippen molar-refractivity contribution in [1.82, 2.24) is 4.90 Å². The highest BCUT2D eigenvalue weighted by Gasteiger charge is 2.33. The summed E-state index contributed by atoms with van der Waals surface area (Å²) in [4.78, 5) is 28.0. The highest BCUT2D eigenvalue weighted by Crippen LogP contribution is 2.27. The number of anilines is 3. The summed E-state index contributed by atoms with van der Waals surface area (Å²) < 4.78 is 5.60. The Morgan fingerprint density at radius 1 is 1.03 bits per heavy atom. The molecule has 3 aromatic rings. The molecule has 2 atom stereocenters. The van der Waals surface area contributed by atoms with Gasteiger partial charge in [-0.1, -0.05) is 54.1 Å². The lowest BCUT2D eigenvalue weighted by Crippen LogP contribution is -2.49. The number of rotatable bonds is 7. The Hall–Kier alpha value is -3.94.